The van der Waals surface area contributed by atoms with E-state index in [2.05, 4.69) is 20.5 Å². The highest BCUT2D eigenvalue weighted by molar-refractivity contribution is 6.05. The van der Waals surface area contributed by atoms with Crippen LogP contribution in [0.15, 0.2) is 6.20 Å². The van der Waals surface area contributed by atoms with Gasteiger partial charge < -0.3 is 14.8 Å². The monoisotopic (exact) mass is 304 g/mol. The molecule has 3 heterocycles. The smallest absolute Gasteiger partial charge is 0.342 e. The van der Waals surface area contributed by atoms with E-state index in [1.165, 1.54) is 0 Å². The van der Waals surface area contributed by atoms with Crippen LogP contribution in [0.5, 0.6) is 0 Å². The Balaban J connectivity index is 2.12. The molecule has 3 rings (SSSR count). The predicted molar refractivity (Wildman–Crippen MR) is 82.1 cm³/mol. The van der Waals surface area contributed by atoms with Gasteiger partial charge >= 0.3 is 5.97 Å². The van der Waals surface area contributed by atoms with Gasteiger partial charge in [-0.25, -0.2) is 9.78 Å². The Labute approximate surface area is 128 Å². The second-order valence-electron chi connectivity index (χ2n) is 5.22. The lowest BCUT2D eigenvalue weighted by Crippen LogP contribution is -2.22. The van der Waals surface area contributed by atoms with E-state index in [4.69, 9.17) is 9.47 Å². The minimum atomic E-state index is -0.351. The molecule has 1 aliphatic rings. The molecular weight excluding hydrogens is 284 g/mol. The first-order chi connectivity index (χ1) is 10.7. The Kier molecular flexibility index (Phi) is 4.24. The van der Waals surface area contributed by atoms with Gasteiger partial charge in [0.2, 0.25) is 0 Å². The van der Waals surface area contributed by atoms with Gasteiger partial charge in [-0.15, -0.1) is 0 Å². The number of carbonyl (C=O) groups is 1. The van der Waals surface area contributed by atoms with Crippen molar-refractivity contribution in [2.75, 3.05) is 25.1 Å². The highest BCUT2D eigenvalue weighted by Crippen LogP contribution is 2.30. The first-order valence-electron chi connectivity index (χ1n) is 7.61. The molecule has 0 saturated carbocycles. The van der Waals surface area contributed by atoms with Crippen LogP contribution in [0.1, 0.15) is 36.3 Å². The molecule has 2 aromatic heterocycles. The second kappa shape index (κ2) is 6.31. The molecule has 0 aromatic carbocycles. The number of ether oxygens (including phenoxy) is 2. The molecule has 22 heavy (non-hydrogen) atoms. The number of hydrogen-bond acceptors (Lipinski definition) is 6. The van der Waals surface area contributed by atoms with Gasteiger partial charge in [-0.2, -0.15) is 5.10 Å². The van der Waals surface area contributed by atoms with E-state index in [-0.39, 0.29) is 12.0 Å². The van der Waals surface area contributed by atoms with Crippen molar-refractivity contribution in [1.82, 2.24) is 15.2 Å². The molecule has 7 nitrogen and oxygen atoms in total. The highest BCUT2D eigenvalue weighted by Gasteiger charge is 2.25. The Hall–Kier alpha value is -2.15. The van der Waals surface area contributed by atoms with Crippen molar-refractivity contribution in [2.45, 2.75) is 32.7 Å². The van der Waals surface area contributed by atoms with E-state index in [1.54, 1.807) is 13.1 Å². The molecule has 0 amide bonds. The number of pyridine rings is 1. The third-order valence-corrected chi connectivity index (χ3v) is 3.77. The van der Waals surface area contributed by atoms with Crippen LogP contribution in [-0.4, -0.2) is 47.0 Å². The minimum absolute atomic E-state index is 0.179. The lowest BCUT2D eigenvalue weighted by Gasteiger charge is -2.18. The SMILES string of the molecule is CCOC(=O)c1c(CC)nc2[nH]ncc2c1N[C@H]1CCOC1. The molecule has 1 aliphatic heterocycles. The third-order valence-electron chi connectivity index (χ3n) is 3.77. The molecule has 1 saturated heterocycles. The van der Waals surface area contributed by atoms with E-state index >= 15 is 0 Å². The van der Waals surface area contributed by atoms with Crippen LogP contribution in [0.3, 0.4) is 0 Å². The summed E-state index contributed by atoms with van der Waals surface area (Å²) in [5.41, 5.74) is 2.62. The summed E-state index contributed by atoms with van der Waals surface area (Å²) in [6.45, 7) is 5.45. The van der Waals surface area contributed by atoms with Crippen LogP contribution in [-0.2, 0) is 15.9 Å². The number of carbonyl (C=O) groups excluding carboxylic acids is 1. The molecule has 1 atom stereocenters. The van der Waals surface area contributed by atoms with E-state index in [9.17, 15) is 4.79 Å². The molecule has 2 aromatic rings. The largest absolute Gasteiger partial charge is 0.462 e. The van der Waals surface area contributed by atoms with E-state index in [0.29, 0.717) is 36.5 Å². The van der Waals surface area contributed by atoms with E-state index in [1.807, 2.05) is 6.92 Å². The topological polar surface area (TPSA) is 89.1 Å². The van der Waals surface area contributed by atoms with Crippen molar-refractivity contribution >= 4 is 22.7 Å². The normalized spacial score (nSPS) is 17.8. The zero-order valence-corrected chi connectivity index (χ0v) is 12.8. The molecular formula is C15H20N4O3. The van der Waals surface area contributed by atoms with Crippen molar-refractivity contribution in [3.8, 4) is 0 Å². The molecule has 7 heteroatoms. The predicted octanol–water partition coefficient (Wildman–Crippen LogP) is 1.90. The number of aromatic amines is 1. The molecule has 0 spiro atoms. The van der Waals surface area contributed by atoms with Gasteiger partial charge in [0.05, 0.1) is 42.2 Å². The van der Waals surface area contributed by atoms with Crippen molar-refractivity contribution in [3.05, 3.63) is 17.5 Å². The quantitative estimate of drug-likeness (QED) is 0.820. The Morgan fingerprint density at radius 1 is 1.55 bits per heavy atom. The first kappa shape index (κ1) is 14.8. The minimum Gasteiger partial charge on any atom is -0.462 e. The van der Waals surface area contributed by atoms with E-state index < -0.39 is 0 Å². The molecule has 0 unspecified atom stereocenters. The van der Waals surface area contributed by atoms with Gasteiger partial charge in [0.15, 0.2) is 5.65 Å². The van der Waals surface area contributed by atoms with Gasteiger partial charge in [0.1, 0.15) is 5.56 Å². The van der Waals surface area contributed by atoms with Gasteiger partial charge in [-0.05, 0) is 19.8 Å². The summed E-state index contributed by atoms with van der Waals surface area (Å²) in [5, 5.41) is 11.1. The van der Waals surface area contributed by atoms with Gasteiger partial charge in [-0.3, -0.25) is 5.10 Å². The fraction of sp³-hybridized carbons (Fsp3) is 0.533. The summed E-state index contributed by atoms with van der Waals surface area (Å²) in [6, 6.07) is 0.179. The van der Waals surface area contributed by atoms with Crippen LogP contribution in [0, 0.1) is 0 Å². The Bertz CT molecular complexity index is 677. The number of rotatable bonds is 5. The maximum Gasteiger partial charge on any atom is 0.342 e. The molecule has 2 N–H and O–H groups in total. The van der Waals surface area contributed by atoms with Gasteiger partial charge in [0, 0.05) is 6.61 Å². The van der Waals surface area contributed by atoms with Crippen LogP contribution < -0.4 is 5.32 Å². The van der Waals surface area contributed by atoms with Crippen molar-refractivity contribution in [2.24, 2.45) is 0 Å². The summed E-state index contributed by atoms with van der Waals surface area (Å²) >= 11 is 0. The number of H-pyrrole nitrogens is 1. The third kappa shape index (κ3) is 2.64. The van der Waals surface area contributed by atoms with Crippen LogP contribution in [0.25, 0.3) is 11.0 Å². The van der Waals surface area contributed by atoms with Crippen molar-refractivity contribution < 1.29 is 14.3 Å². The molecule has 0 aliphatic carbocycles. The van der Waals surface area contributed by atoms with Crippen LogP contribution >= 0.6 is 0 Å². The maximum atomic E-state index is 12.4. The summed E-state index contributed by atoms with van der Waals surface area (Å²) in [4.78, 5) is 16.9. The zero-order chi connectivity index (χ0) is 15.5. The average Bonchev–Trinajstić information content (AvgIpc) is 3.17. The summed E-state index contributed by atoms with van der Waals surface area (Å²) in [5.74, 6) is -0.351. The Morgan fingerprint density at radius 3 is 3.09 bits per heavy atom. The number of aryl methyl sites for hydroxylation is 1. The Morgan fingerprint density at radius 2 is 2.41 bits per heavy atom. The molecule has 1 fully saturated rings. The molecule has 0 radical (unpaired) electrons. The number of esters is 1. The van der Waals surface area contributed by atoms with Crippen molar-refractivity contribution in [3.63, 3.8) is 0 Å². The summed E-state index contributed by atoms with van der Waals surface area (Å²) in [7, 11) is 0. The second-order valence-corrected chi connectivity index (χ2v) is 5.22. The fourth-order valence-corrected chi connectivity index (χ4v) is 2.70. The van der Waals surface area contributed by atoms with Gasteiger partial charge in [0.25, 0.3) is 0 Å². The number of nitrogens with one attached hydrogen (secondary N) is 2. The number of nitrogens with zero attached hydrogens (tertiary/aromatic N) is 2. The maximum absolute atomic E-state index is 12.4. The van der Waals surface area contributed by atoms with E-state index in [0.717, 1.165) is 24.1 Å². The van der Waals surface area contributed by atoms with Crippen LogP contribution in [0.2, 0.25) is 0 Å². The van der Waals surface area contributed by atoms with Crippen LogP contribution in [0.4, 0.5) is 5.69 Å². The zero-order valence-electron chi connectivity index (χ0n) is 12.8. The summed E-state index contributed by atoms with van der Waals surface area (Å²) < 4.78 is 10.6. The highest BCUT2D eigenvalue weighted by atomic mass is 16.5. The first-order valence-corrected chi connectivity index (χ1v) is 7.61. The van der Waals surface area contributed by atoms with Crippen molar-refractivity contribution in [1.29, 1.82) is 0 Å². The lowest BCUT2D eigenvalue weighted by atomic mass is 10.1. The number of fused-ring (bicyclic) bond motifs is 1. The average molecular weight is 304 g/mol. The fourth-order valence-electron chi connectivity index (χ4n) is 2.70. The molecule has 118 valence electrons. The lowest BCUT2D eigenvalue weighted by molar-refractivity contribution is 0.0526. The molecule has 0 bridgehead atoms. The standard InChI is InChI=1S/C15H20N4O3/c1-3-11-12(15(20)22-4-2)13(17-9-5-6-21-8-9)10-7-16-19-14(10)18-11/h7,9H,3-6,8H2,1-2H3,(H2,16,17,18,19)/t9-/m0/s1. The number of hydrogen-bond donors (Lipinski definition) is 2. The van der Waals surface area contributed by atoms with Gasteiger partial charge in [-0.1, -0.05) is 6.92 Å². The summed E-state index contributed by atoms with van der Waals surface area (Å²) in [6.07, 6.45) is 3.23. The number of anilines is 1. The number of aromatic nitrogens is 3.